The van der Waals surface area contributed by atoms with Crippen LogP contribution in [0.3, 0.4) is 0 Å². The highest BCUT2D eigenvalue weighted by Crippen LogP contribution is 2.37. The van der Waals surface area contributed by atoms with Gasteiger partial charge in [-0.3, -0.25) is 10.1 Å². The Morgan fingerprint density at radius 3 is 2.54 bits per heavy atom. The summed E-state index contributed by atoms with van der Waals surface area (Å²) in [4.78, 5) is 9.79. The van der Waals surface area contributed by atoms with Crippen molar-refractivity contribution in [2.45, 2.75) is 13.3 Å². The van der Waals surface area contributed by atoms with Gasteiger partial charge in [-0.25, -0.2) is 0 Å². The topological polar surface area (TPSA) is 83.6 Å². The van der Waals surface area contributed by atoms with Gasteiger partial charge in [0.2, 0.25) is 5.75 Å². The van der Waals surface area contributed by atoms with E-state index in [0.717, 1.165) is 0 Å². The van der Waals surface area contributed by atoms with Crippen molar-refractivity contribution in [3.63, 3.8) is 0 Å². The molecule has 2 N–H and O–H groups in total. The van der Waals surface area contributed by atoms with Gasteiger partial charge in [-0.15, -0.1) is 0 Å². The maximum atomic E-state index is 10.5. The number of aryl methyl sites for hydroxylation is 1. The van der Waals surface area contributed by atoms with Gasteiger partial charge >= 0.3 is 5.69 Å². The van der Waals surface area contributed by atoms with E-state index < -0.39 is 22.1 Å². The molecule has 5 heteroatoms. The minimum absolute atomic E-state index is 0.403. The summed E-state index contributed by atoms with van der Waals surface area (Å²) in [6, 6.07) is 2.66. The first-order chi connectivity index (χ1) is 6.07. The smallest absolute Gasteiger partial charge is 0.317 e. The quantitative estimate of drug-likeness (QED) is 0.414. The summed E-state index contributed by atoms with van der Waals surface area (Å²) < 4.78 is 0. The standard InChI is InChI=1S/C8H9NO4/c1-2-5-3-4-6(10)8(11)7(5)9(12)13/h3-4,10-11H,2H2,1H3. The molecule has 5 nitrogen and oxygen atoms in total. The summed E-state index contributed by atoms with van der Waals surface area (Å²) in [6.45, 7) is 1.73. The number of phenols is 2. The van der Waals surface area contributed by atoms with Gasteiger partial charge in [-0.1, -0.05) is 6.92 Å². The largest absolute Gasteiger partial charge is 0.504 e. The Bertz CT molecular complexity index is 348. The molecule has 0 unspecified atom stereocenters. The number of nitro groups is 1. The van der Waals surface area contributed by atoms with Crippen molar-refractivity contribution in [2.75, 3.05) is 0 Å². The second kappa shape index (κ2) is 3.30. The van der Waals surface area contributed by atoms with Gasteiger partial charge in [-0.05, 0) is 18.6 Å². The van der Waals surface area contributed by atoms with Crippen LogP contribution in [0.15, 0.2) is 12.1 Å². The van der Waals surface area contributed by atoms with Gasteiger partial charge in [0.1, 0.15) is 0 Å². The van der Waals surface area contributed by atoms with Gasteiger partial charge in [0.25, 0.3) is 0 Å². The Labute approximate surface area is 74.4 Å². The summed E-state index contributed by atoms with van der Waals surface area (Å²) >= 11 is 0. The molecule has 0 heterocycles. The van der Waals surface area contributed by atoms with Crippen molar-refractivity contribution in [1.82, 2.24) is 0 Å². The maximum absolute atomic E-state index is 10.5. The van der Waals surface area contributed by atoms with Crippen molar-refractivity contribution in [3.8, 4) is 11.5 Å². The van der Waals surface area contributed by atoms with Gasteiger partial charge in [0, 0.05) is 5.56 Å². The predicted molar refractivity (Wildman–Crippen MR) is 45.8 cm³/mol. The third-order valence-corrected chi connectivity index (χ3v) is 1.78. The van der Waals surface area contributed by atoms with E-state index in [2.05, 4.69) is 0 Å². The van der Waals surface area contributed by atoms with E-state index in [9.17, 15) is 15.2 Å². The lowest BCUT2D eigenvalue weighted by Crippen LogP contribution is -1.94. The third kappa shape index (κ3) is 1.53. The minimum atomic E-state index is -0.701. The van der Waals surface area contributed by atoms with Crippen molar-refractivity contribution >= 4 is 5.69 Å². The van der Waals surface area contributed by atoms with E-state index in [1.165, 1.54) is 12.1 Å². The molecular formula is C8H9NO4. The van der Waals surface area contributed by atoms with Crippen LogP contribution < -0.4 is 0 Å². The molecule has 1 aromatic rings. The molecular weight excluding hydrogens is 174 g/mol. The molecule has 0 fully saturated rings. The molecule has 0 saturated carbocycles. The summed E-state index contributed by atoms with van der Waals surface area (Å²) in [5, 5.41) is 28.7. The summed E-state index contributed by atoms with van der Waals surface area (Å²) in [5.74, 6) is -1.13. The van der Waals surface area contributed by atoms with Crippen molar-refractivity contribution in [1.29, 1.82) is 0 Å². The molecule has 0 spiro atoms. The van der Waals surface area contributed by atoms with Crippen LogP contribution in [0.25, 0.3) is 0 Å². The molecule has 13 heavy (non-hydrogen) atoms. The predicted octanol–water partition coefficient (Wildman–Crippen LogP) is 1.57. The maximum Gasteiger partial charge on any atom is 0.317 e. The van der Waals surface area contributed by atoms with Gasteiger partial charge < -0.3 is 10.2 Å². The zero-order valence-electron chi connectivity index (χ0n) is 7.02. The molecule has 1 aromatic carbocycles. The van der Waals surface area contributed by atoms with E-state index in [1.54, 1.807) is 6.92 Å². The van der Waals surface area contributed by atoms with Crippen LogP contribution in [-0.4, -0.2) is 15.1 Å². The number of hydrogen-bond acceptors (Lipinski definition) is 4. The first kappa shape index (κ1) is 9.31. The molecule has 70 valence electrons. The number of nitrogens with zero attached hydrogens (tertiary/aromatic N) is 1. The van der Waals surface area contributed by atoms with Crippen LogP contribution >= 0.6 is 0 Å². The lowest BCUT2D eigenvalue weighted by atomic mass is 10.1. The zero-order chi connectivity index (χ0) is 10.0. The average molecular weight is 183 g/mol. The molecule has 0 bridgehead atoms. The molecule has 0 aliphatic carbocycles. The summed E-state index contributed by atoms with van der Waals surface area (Å²) in [6.07, 6.45) is 0.435. The van der Waals surface area contributed by atoms with Gasteiger partial charge in [0.05, 0.1) is 4.92 Å². The second-order valence-electron chi connectivity index (χ2n) is 2.55. The third-order valence-electron chi connectivity index (χ3n) is 1.78. The lowest BCUT2D eigenvalue weighted by molar-refractivity contribution is -0.386. The molecule has 0 aromatic heterocycles. The highest BCUT2D eigenvalue weighted by molar-refractivity contribution is 5.58. The van der Waals surface area contributed by atoms with E-state index in [4.69, 9.17) is 5.11 Å². The highest BCUT2D eigenvalue weighted by Gasteiger charge is 2.21. The van der Waals surface area contributed by atoms with E-state index in [1.807, 2.05) is 0 Å². The molecule has 0 atom stereocenters. The first-order valence-corrected chi connectivity index (χ1v) is 3.76. The number of phenolic OH excluding ortho intramolecular Hbond substituents is 2. The lowest BCUT2D eigenvalue weighted by Gasteiger charge is -2.02. The average Bonchev–Trinajstić information content (AvgIpc) is 2.08. The van der Waals surface area contributed by atoms with Crippen molar-refractivity contribution in [3.05, 3.63) is 27.8 Å². The molecule has 0 aliphatic rings. The molecule has 0 amide bonds. The number of hydrogen-bond donors (Lipinski definition) is 2. The Hall–Kier alpha value is -1.78. The fourth-order valence-electron chi connectivity index (χ4n) is 1.10. The summed E-state index contributed by atoms with van der Waals surface area (Å²) in [5.41, 5.74) is -0.0113. The Morgan fingerprint density at radius 2 is 2.08 bits per heavy atom. The van der Waals surface area contributed by atoms with Gasteiger partial charge in [0.15, 0.2) is 5.75 Å². The van der Waals surface area contributed by atoms with Crippen molar-refractivity contribution in [2.24, 2.45) is 0 Å². The van der Waals surface area contributed by atoms with Crippen molar-refractivity contribution < 1.29 is 15.1 Å². The van der Waals surface area contributed by atoms with Crippen LogP contribution in [-0.2, 0) is 6.42 Å². The molecule has 0 saturated heterocycles. The molecule has 0 aliphatic heterocycles. The van der Waals surface area contributed by atoms with Crippen LogP contribution in [0.4, 0.5) is 5.69 Å². The normalized spacial score (nSPS) is 9.92. The number of rotatable bonds is 2. The highest BCUT2D eigenvalue weighted by atomic mass is 16.6. The van der Waals surface area contributed by atoms with Crippen LogP contribution in [0, 0.1) is 10.1 Å². The van der Waals surface area contributed by atoms with E-state index in [0.29, 0.717) is 12.0 Å². The second-order valence-corrected chi connectivity index (χ2v) is 2.55. The first-order valence-electron chi connectivity index (χ1n) is 3.76. The van der Waals surface area contributed by atoms with Crippen LogP contribution in [0.5, 0.6) is 11.5 Å². The molecule has 0 radical (unpaired) electrons. The Balaban J connectivity index is 3.41. The summed E-state index contributed by atoms with van der Waals surface area (Å²) in [7, 11) is 0. The number of nitro benzene ring substituents is 1. The SMILES string of the molecule is CCc1ccc(O)c(O)c1[N+](=O)[O-]. The fraction of sp³-hybridized carbons (Fsp3) is 0.250. The van der Waals surface area contributed by atoms with Gasteiger partial charge in [-0.2, -0.15) is 0 Å². The minimum Gasteiger partial charge on any atom is -0.504 e. The van der Waals surface area contributed by atoms with Crippen LogP contribution in [0.2, 0.25) is 0 Å². The zero-order valence-corrected chi connectivity index (χ0v) is 7.02. The number of benzene rings is 1. The van der Waals surface area contributed by atoms with E-state index in [-0.39, 0.29) is 0 Å². The Morgan fingerprint density at radius 1 is 1.46 bits per heavy atom. The van der Waals surface area contributed by atoms with Crippen LogP contribution in [0.1, 0.15) is 12.5 Å². The van der Waals surface area contributed by atoms with E-state index >= 15 is 0 Å². The Kier molecular flexibility index (Phi) is 2.36. The molecule has 1 rings (SSSR count). The monoisotopic (exact) mass is 183 g/mol. The fourth-order valence-corrected chi connectivity index (χ4v) is 1.10. The number of aromatic hydroxyl groups is 2.